The van der Waals surface area contributed by atoms with Crippen LogP contribution in [0.15, 0.2) is 24.5 Å². The predicted octanol–water partition coefficient (Wildman–Crippen LogP) is 3.41. The molecule has 4 nitrogen and oxygen atoms in total. The molecule has 6 heteroatoms. The highest BCUT2D eigenvalue weighted by atomic mass is 35.5. The molecule has 0 unspecified atom stereocenters. The van der Waals surface area contributed by atoms with Crippen molar-refractivity contribution in [2.75, 3.05) is 5.73 Å². The summed E-state index contributed by atoms with van der Waals surface area (Å²) < 4.78 is 1.73. The maximum absolute atomic E-state index is 12.3. The van der Waals surface area contributed by atoms with Crippen LogP contribution in [0.2, 0.25) is 10.0 Å². The molecule has 0 saturated carbocycles. The van der Waals surface area contributed by atoms with E-state index in [2.05, 4.69) is 5.10 Å². The Labute approximate surface area is 121 Å². The second-order valence-electron chi connectivity index (χ2n) is 4.17. The average molecular weight is 298 g/mol. The minimum absolute atomic E-state index is 0.175. The van der Waals surface area contributed by atoms with Gasteiger partial charge in [0.25, 0.3) is 0 Å². The highest BCUT2D eigenvalue weighted by molar-refractivity contribution is 6.39. The molecule has 1 aromatic heterocycles. The number of benzene rings is 1. The lowest BCUT2D eigenvalue weighted by molar-refractivity contribution is 0.103. The van der Waals surface area contributed by atoms with Crippen molar-refractivity contribution in [2.24, 2.45) is 0 Å². The molecule has 0 atom stereocenters. The molecule has 19 heavy (non-hydrogen) atoms. The van der Waals surface area contributed by atoms with E-state index in [9.17, 15) is 4.79 Å². The molecule has 0 amide bonds. The molecule has 0 aliphatic rings. The second-order valence-corrected chi connectivity index (χ2v) is 4.99. The van der Waals surface area contributed by atoms with Gasteiger partial charge in [-0.3, -0.25) is 9.48 Å². The van der Waals surface area contributed by atoms with Gasteiger partial charge in [0.2, 0.25) is 0 Å². The van der Waals surface area contributed by atoms with Crippen molar-refractivity contribution in [1.82, 2.24) is 9.78 Å². The quantitative estimate of drug-likeness (QED) is 0.695. The highest BCUT2D eigenvalue weighted by Gasteiger charge is 2.14. The van der Waals surface area contributed by atoms with Gasteiger partial charge < -0.3 is 5.73 Å². The summed E-state index contributed by atoms with van der Waals surface area (Å²) in [4.78, 5) is 12.3. The van der Waals surface area contributed by atoms with Gasteiger partial charge in [-0.05, 0) is 18.6 Å². The van der Waals surface area contributed by atoms with Crippen LogP contribution in [0.4, 0.5) is 5.69 Å². The molecule has 0 aliphatic heterocycles. The summed E-state index contributed by atoms with van der Waals surface area (Å²) in [5.74, 6) is -0.175. The van der Waals surface area contributed by atoms with Crippen molar-refractivity contribution < 1.29 is 4.79 Å². The zero-order valence-corrected chi connectivity index (χ0v) is 11.9. The first kappa shape index (κ1) is 13.9. The van der Waals surface area contributed by atoms with Crippen molar-refractivity contribution in [3.05, 3.63) is 45.7 Å². The van der Waals surface area contributed by atoms with Crippen LogP contribution in [0.5, 0.6) is 0 Å². The van der Waals surface area contributed by atoms with Crippen LogP contribution >= 0.6 is 23.2 Å². The number of nitrogens with zero attached hydrogens (tertiary/aromatic N) is 2. The summed E-state index contributed by atoms with van der Waals surface area (Å²) in [6.45, 7) is 2.82. The van der Waals surface area contributed by atoms with Gasteiger partial charge in [-0.1, -0.05) is 30.1 Å². The molecule has 2 rings (SSSR count). The summed E-state index contributed by atoms with van der Waals surface area (Å²) in [6.07, 6.45) is 4.20. The standard InChI is InChI=1S/C13H13Cl2N3O/c1-2-3-18-7-9(6-17-18)13(19)8-4-10(14)12(16)11(15)5-8/h4-7H,2-3,16H2,1H3. The third-order valence-electron chi connectivity index (χ3n) is 2.69. The van der Waals surface area contributed by atoms with Crippen molar-refractivity contribution in [1.29, 1.82) is 0 Å². The van der Waals surface area contributed by atoms with Gasteiger partial charge in [0, 0.05) is 18.3 Å². The summed E-state index contributed by atoms with van der Waals surface area (Å²) in [5, 5.41) is 4.67. The molecule has 0 spiro atoms. The van der Waals surface area contributed by atoms with Crippen LogP contribution in [-0.4, -0.2) is 15.6 Å². The molecular weight excluding hydrogens is 285 g/mol. The van der Waals surface area contributed by atoms with Crippen LogP contribution in [0.25, 0.3) is 0 Å². The van der Waals surface area contributed by atoms with Gasteiger partial charge in [-0.15, -0.1) is 0 Å². The first-order chi connectivity index (χ1) is 9.02. The normalized spacial score (nSPS) is 10.7. The van der Waals surface area contributed by atoms with E-state index in [0.717, 1.165) is 13.0 Å². The fraction of sp³-hybridized carbons (Fsp3) is 0.231. The summed E-state index contributed by atoms with van der Waals surface area (Å²) in [7, 11) is 0. The Morgan fingerprint density at radius 3 is 2.53 bits per heavy atom. The number of carbonyl (C=O) groups is 1. The highest BCUT2D eigenvalue weighted by Crippen LogP contribution is 2.29. The summed E-state index contributed by atoms with van der Waals surface area (Å²) >= 11 is 11.8. The minimum Gasteiger partial charge on any atom is -0.396 e. The number of ketones is 1. The second kappa shape index (κ2) is 5.63. The zero-order chi connectivity index (χ0) is 14.0. The molecule has 0 radical (unpaired) electrons. The largest absolute Gasteiger partial charge is 0.396 e. The SMILES string of the molecule is CCCn1cc(C(=O)c2cc(Cl)c(N)c(Cl)c2)cn1. The Balaban J connectivity index is 2.33. The molecule has 0 aliphatic carbocycles. The van der Waals surface area contributed by atoms with E-state index in [4.69, 9.17) is 28.9 Å². The van der Waals surface area contributed by atoms with Gasteiger partial charge in [0.15, 0.2) is 5.78 Å². The van der Waals surface area contributed by atoms with Crippen molar-refractivity contribution in [3.8, 4) is 0 Å². The first-order valence-corrected chi connectivity index (χ1v) is 6.60. The van der Waals surface area contributed by atoms with Crippen molar-refractivity contribution in [3.63, 3.8) is 0 Å². The third kappa shape index (κ3) is 2.91. The van der Waals surface area contributed by atoms with Crippen molar-refractivity contribution in [2.45, 2.75) is 19.9 Å². The number of rotatable bonds is 4. The molecule has 1 heterocycles. The number of hydrogen-bond acceptors (Lipinski definition) is 3. The minimum atomic E-state index is -0.175. The predicted molar refractivity (Wildman–Crippen MR) is 76.8 cm³/mol. The molecule has 2 N–H and O–H groups in total. The number of nitrogen functional groups attached to an aromatic ring is 1. The van der Waals surface area contributed by atoms with E-state index in [0.29, 0.717) is 11.1 Å². The van der Waals surface area contributed by atoms with Crippen LogP contribution in [-0.2, 0) is 6.54 Å². The van der Waals surface area contributed by atoms with Crippen LogP contribution in [0.1, 0.15) is 29.3 Å². The van der Waals surface area contributed by atoms with E-state index in [1.54, 1.807) is 10.9 Å². The van der Waals surface area contributed by atoms with Gasteiger partial charge in [0.05, 0.1) is 27.5 Å². The molecule has 0 fully saturated rings. The molecule has 1 aromatic carbocycles. The topological polar surface area (TPSA) is 60.9 Å². The van der Waals surface area contributed by atoms with E-state index < -0.39 is 0 Å². The van der Waals surface area contributed by atoms with Gasteiger partial charge in [-0.2, -0.15) is 5.10 Å². The Bertz CT molecular complexity index is 599. The number of nitrogens with two attached hydrogens (primary N) is 1. The lowest BCUT2D eigenvalue weighted by atomic mass is 10.1. The van der Waals surface area contributed by atoms with Gasteiger partial charge in [-0.25, -0.2) is 0 Å². The molecule has 0 saturated heterocycles. The Morgan fingerprint density at radius 1 is 1.32 bits per heavy atom. The maximum Gasteiger partial charge on any atom is 0.196 e. The maximum atomic E-state index is 12.3. The smallest absolute Gasteiger partial charge is 0.196 e. The Morgan fingerprint density at radius 2 is 1.95 bits per heavy atom. The van der Waals surface area contributed by atoms with E-state index in [-0.39, 0.29) is 21.5 Å². The van der Waals surface area contributed by atoms with E-state index in [1.165, 1.54) is 18.3 Å². The van der Waals surface area contributed by atoms with Crippen LogP contribution in [0, 0.1) is 0 Å². The van der Waals surface area contributed by atoms with Crippen LogP contribution in [0.3, 0.4) is 0 Å². The fourth-order valence-corrected chi connectivity index (χ4v) is 2.20. The zero-order valence-electron chi connectivity index (χ0n) is 10.4. The average Bonchev–Trinajstić information content (AvgIpc) is 2.83. The number of carbonyl (C=O) groups excluding carboxylic acids is 1. The monoisotopic (exact) mass is 297 g/mol. The third-order valence-corrected chi connectivity index (χ3v) is 3.31. The first-order valence-electron chi connectivity index (χ1n) is 5.84. The van der Waals surface area contributed by atoms with Gasteiger partial charge in [0.1, 0.15) is 0 Å². The van der Waals surface area contributed by atoms with Crippen molar-refractivity contribution >= 4 is 34.7 Å². The number of aryl methyl sites for hydroxylation is 1. The number of aromatic nitrogens is 2. The number of hydrogen-bond donors (Lipinski definition) is 1. The Hall–Kier alpha value is -1.52. The summed E-state index contributed by atoms with van der Waals surface area (Å²) in [6, 6.07) is 3.03. The molecule has 0 bridgehead atoms. The van der Waals surface area contributed by atoms with Crippen LogP contribution < -0.4 is 5.73 Å². The fourth-order valence-electron chi connectivity index (χ4n) is 1.71. The lowest BCUT2D eigenvalue weighted by Crippen LogP contribution is -2.02. The number of anilines is 1. The number of halogens is 2. The summed E-state index contributed by atoms with van der Waals surface area (Å²) in [5.41, 5.74) is 6.83. The van der Waals surface area contributed by atoms with E-state index >= 15 is 0 Å². The van der Waals surface area contributed by atoms with Gasteiger partial charge >= 0.3 is 0 Å². The lowest BCUT2D eigenvalue weighted by Gasteiger charge is -2.04. The van der Waals surface area contributed by atoms with E-state index in [1.807, 2.05) is 6.92 Å². The molecular formula is C13H13Cl2N3O. The molecule has 2 aromatic rings. The molecule has 100 valence electrons. The Kier molecular flexibility index (Phi) is 4.12.